The Morgan fingerprint density at radius 3 is 2.95 bits per heavy atom. The molecule has 0 aliphatic rings. The van der Waals surface area contributed by atoms with Gasteiger partial charge in [0.2, 0.25) is 0 Å². The van der Waals surface area contributed by atoms with Gasteiger partial charge in [-0.05, 0) is 23.9 Å². The number of aliphatic hydroxyl groups excluding tert-OH is 1. The predicted octanol–water partition coefficient (Wildman–Crippen LogP) is 3.80. The van der Waals surface area contributed by atoms with E-state index in [0.29, 0.717) is 11.6 Å². The van der Waals surface area contributed by atoms with Crippen LogP contribution in [0.4, 0.5) is 10.8 Å². The maximum atomic E-state index is 10.8. The first-order valence-corrected chi connectivity index (χ1v) is 8.33. The molecule has 0 amide bonds. The zero-order chi connectivity index (χ0) is 15.5. The number of nitro groups is 1. The summed E-state index contributed by atoms with van der Waals surface area (Å²) in [6.45, 7) is 0.0753. The number of benzene rings is 1. The molecule has 0 aliphatic carbocycles. The standard InChI is InChI=1S/C14H13N3O3S2/c18-6-5-11(12-2-1-7-21-12)16-14-15-10-4-3-9(17(19)20)8-13(10)22-14/h1-4,7-8,11,18H,5-6H2,(H,15,16). The lowest BCUT2D eigenvalue weighted by Crippen LogP contribution is -2.10. The minimum absolute atomic E-state index is 0.0134. The van der Waals surface area contributed by atoms with Gasteiger partial charge < -0.3 is 10.4 Å². The average Bonchev–Trinajstić information content (AvgIpc) is 3.15. The van der Waals surface area contributed by atoms with Gasteiger partial charge in [0.05, 0.1) is 21.2 Å². The Labute approximate surface area is 134 Å². The molecule has 8 heteroatoms. The summed E-state index contributed by atoms with van der Waals surface area (Å²) in [5, 5.41) is 26.0. The Morgan fingerprint density at radius 2 is 2.27 bits per heavy atom. The summed E-state index contributed by atoms with van der Waals surface area (Å²) in [5.41, 5.74) is 0.792. The highest BCUT2D eigenvalue weighted by molar-refractivity contribution is 7.22. The lowest BCUT2D eigenvalue weighted by molar-refractivity contribution is -0.384. The maximum Gasteiger partial charge on any atom is 0.270 e. The van der Waals surface area contributed by atoms with E-state index < -0.39 is 4.92 Å². The van der Waals surface area contributed by atoms with Crippen LogP contribution in [0.1, 0.15) is 17.3 Å². The minimum Gasteiger partial charge on any atom is -0.396 e. The maximum absolute atomic E-state index is 10.8. The summed E-state index contributed by atoms with van der Waals surface area (Å²) in [6.07, 6.45) is 0.580. The first kappa shape index (κ1) is 14.9. The molecular formula is C14H13N3O3S2. The molecule has 22 heavy (non-hydrogen) atoms. The zero-order valence-electron chi connectivity index (χ0n) is 11.4. The van der Waals surface area contributed by atoms with E-state index in [-0.39, 0.29) is 18.3 Å². The van der Waals surface area contributed by atoms with E-state index in [9.17, 15) is 15.2 Å². The molecule has 0 aliphatic heterocycles. The van der Waals surface area contributed by atoms with Crippen molar-refractivity contribution in [3.63, 3.8) is 0 Å². The number of fused-ring (bicyclic) bond motifs is 1. The molecule has 3 rings (SSSR count). The van der Waals surface area contributed by atoms with Crippen LogP contribution >= 0.6 is 22.7 Å². The molecule has 1 unspecified atom stereocenters. The van der Waals surface area contributed by atoms with Crippen LogP contribution in [0.2, 0.25) is 0 Å². The van der Waals surface area contributed by atoms with Crippen molar-refractivity contribution in [1.29, 1.82) is 0 Å². The highest BCUT2D eigenvalue weighted by Gasteiger charge is 2.15. The van der Waals surface area contributed by atoms with E-state index in [1.54, 1.807) is 17.4 Å². The molecule has 0 saturated carbocycles. The third kappa shape index (κ3) is 3.08. The molecular weight excluding hydrogens is 322 g/mol. The van der Waals surface area contributed by atoms with Crippen LogP contribution in [0.25, 0.3) is 10.2 Å². The number of hydrogen-bond acceptors (Lipinski definition) is 7. The van der Waals surface area contributed by atoms with Crippen molar-refractivity contribution >= 4 is 43.7 Å². The third-order valence-electron chi connectivity index (χ3n) is 3.18. The van der Waals surface area contributed by atoms with Gasteiger partial charge in [-0.15, -0.1) is 11.3 Å². The topological polar surface area (TPSA) is 88.3 Å². The van der Waals surface area contributed by atoms with Crippen molar-refractivity contribution in [3.8, 4) is 0 Å². The smallest absolute Gasteiger partial charge is 0.270 e. The number of nitrogens with zero attached hydrogens (tertiary/aromatic N) is 2. The number of nitro benzene ring substituents is 1. The van der Waals surface area contributed by atoms with Crippen LogP contribution < -0.4 is 5.32 Å². The second kappa shape index (κ2) is 6.39. The largest absolute Gasteiger partial charge is 0.396 e. The summed E-state index contributed by atoms with van der Waals surface area (Å²) in [4.78, 5) is 16.0. The van der Waals surface area contributed by atoms with E-state index in [2.05, 4.69) is 10.3 Å². The fourth-order valence-corrected chi connectivity index (χ4v) is 3.91. The van der Waals surface area contributed by atoms with Gasteiger partial charge >= 0.3 is 0 Å². The lowest BCUT2D eigenvalue weighted by Gasteiger charge is -2.15. The quantitative estimate of drug-likeness (QED) is 0.528. The number of aromatic nitrogens is 1. The summed E-state index contributed by atoms with van der Waals surface area (Å²) in [5.74, 6) is 0. The number of thiazole rings is 1. The molecule has 3 aromatic rings. The molecule has 0 fully saturated rings. The fraction of sp³-hybridized carbons (Fsp3) is 0.214. The van der Waals surface area contributed by atoms with Gasteiger partial charge in [0.25, 0.3) is 5.69 Å². The second-order valence-electron chi connectivity index (χ2n) is 4.65. The molecule has 0 bridgehead atoms. The Kier molecular flexibility index (Phi) is 4.32. The summed E-state index contributed by atoms with van der Waals surface area (Å²) in [6, 6.07) is 8.60. The number of rotatable bonds is 6. The van der Waals surface area contributed by atoms with Crippen LogP contribution in [0.3, 0.4) is 0 Å². The average molecular weight is 335 g/mol. The normalized spacial score (nSPS) is 12.4. The van der Waals surface area contributed by atoms with Crippen LogP contribution in [0.15, 0.2) is 35.7 Å². The molecule has 0 saturated heterocycles. The molecule has 1 atom stereocenters. The first-order valence-electron chi connectivity index (χ1n) is 6.63. The Bertz CT molecular complexity index is 786. The molecule has 2 N–H and O–H groups in total. The van der Waals surface area contributed by atoms with Crippen LogP contribution in [0.5, 0.6) is 0 Å². The van der Waals surface area contributed by atoms with Gasteiger partial charge in [-0.2, -0.15) is 0 Å². The van der Waals surface area contributed by atoms with Crippen molar-refractivity contribution in [2.45, 2.75) is 12.5 Å². The van der Waals surface area contributed by atoms with Crippen molar-refractivity contribution in [1.82, 2.24) is 4.98 Å². The summed E-state index contributed by atoms with van der Waals surface area (Å²) in [7, 11) is 0. The molecule has 6 nitrogen and oxygen atoms in total. The Morgan fingerprint density at radius 1 is 1.41 bits per heavy atom. The van der Waals surface area contributed by atoms with E-state index in [0.717, 1.165) is 15.1 Å². The number of aliphatic hydroxyl groups is 1. The van der Waals surface area contributed by atoms with Crippen molar-refractivity contribution < 1.29 is 10.0 Å². The Balaban J connectivity index is 1.87. The van der Waals surface area contributed by atoms with Gasteiger partial charge in [-0.3, -0.25) is 10.1 Å². The lowest BCUT2D eigenvalue weighted by atomic mass is 10.2. The predicted molar refractivity (Wildman–Crippen MR) is 88.7 cm³/mol. The number of nitrogens with one attached hydrogen (secondary N) is 1. The van der Waals surface area contributed by atoms with Gasteiger partial charge in [-0.1, -0.05) is 17.4 Å². The number of non-ortho nitro benzene ring substituents is 1. The van der Waals surface area contributed by atoms with E-state index in [1.807, 2.05) is 17.5 Å². The van der Waals surface area contributed by atoms with Crippen LogP contribution in [-0.2, 0) is 0 Å². The number of hydrogen-bond donors (Lipinski definition) is 2. The second-order valence-corrected chi connectivity index (χ2v) is 6.66. The van der Waals surface area contributed by atoms with Crippen LogP contribution in [-0.4, -0.2) is 21.6 Å². The first-order chi connectivity index (χ1) is 10.7. The Hall–Kier alpha value is -2.03. The van der Waals surface area contributed by atoms with Gasteiger partial charge in [-0.25, -0.2) is 4.98 Å². The minimum atomic E-state index is -0.410. The highest BCUT2D eigenvalue weighted by Crippen LogP contribution is 2.33. The van der Waals surface area contributed by atoms with Gasteiger partial charge in [0.15, 0.2) is 5.13 Å². The molecule has 2 heterocycles. The highest BCUT2D eigenvalue weighted by atomic mass is 32.1. The molecule has 2 aromatic heterocycles. The van der Waals surface area contributed by atoms with Crippen molar-refractivity contribution in [2.75, 3.05) is 11.9 Å². The SMILES string of the molecule is O=[N+]([O-])c1ccc2nc(NC(CCO)c3cccs3)sc2c1. The molecule has 1 aromatic carbocycles. The van der Waals surface area contributed by atoms with E-state index >= 15 is 0 Å². The van der Waals surface area contributed by atoms with E-state index in [1.165, 1.54) is 23.5 Å². The fourth-order valence-electron chi connectivity index (χ4n) is 2.14. The van der Waals surface area contributed by atoms with Gasteiger partial charge in [0, 0.05) is 23.6 Å². The van der Waals surface area contributed by atoms with E-state index in [4.69, 9.17) is 0 Å². The molecule has 114 valence electrons. The number of thiophene rings is 1. The van der Waals surface area contributed by atoms with Crippen molar-refractivity contribution in [2.24, 2.45) is 0 Å². The van der Waals surface area contributed by atoms with Gasteiger partial charge in [0.1, 0.15) is 0 Å². The molecule has 0 spiro atoms. The number of anilines is 1. The third-order valence-corrected chi connectivity index (χ3v) is 5.12. The molecule has 0 radical (unpaired) electrons. The van der Waals surface area contributed by atoms with Crippen LogP contribution in [0, 0.1) is 10.1 Å². The van der Waals surface area contributed by atoms with Crippen molar-refractivity contribution in [3.05, 3.63) is 50.7 Å². The summed E-state index contributed by atoms with van der Waals surface area (Å²) >= 11 is 2.99. The monoisotopic (exact) mass is 335 g/mol. The summed E-state index contributed by atoms with van der Waals surface area (Å²) < 4.78 is 0.769. The zero-order valence-corrected chi connectivity index (χ0v) is 13.1.